The smallest absolute Gasteiger partial charge is 0.262 e. The number of aryl methyl sites for hydroxylation is 1. The predicted molar refractivity (Wildman–Crippen MR) is 92.0 cm³/mol. The van der Waals surface area contributed by atoms with E-state index in [0.717, 1.165) is 10.0 Å². The van der Waals surface area contributed by atoms with Gasteiger partial charge in [0, 0.05) is 10.0 Å². The van der Waals surface area contributed by atoms with E-state index in [4.69, 9.17) is 18.0 Å². The van der Waals surface area contributed by atoms with E-state index in [0.29, 0.717) is 11.3 Å². The Hall–Kier alpha value is -1.44. The molecule has 7 heteroatoms. The van der Waals surface area contributed by atoms with Crippen molar-refractivity contribution in [3.05, 3.63) is 58.1 Å². The lowest BCUT2D eigenvalue weighted by Crippen LogP contribution is -2.20. The molecule has 0 atom stereocenters. The third-order valence-corrected chi connectivity index (χ3v) is 5.02. The van der Waals surface area contributed by atoms with Gasteiger partial charge in [-0.25, -0.2) is 8.42 Å². The number of nitrogens with two attached hydrogens (primary N) is 1. The Morgan fingerprint density at radius 1 is 1.24 bits per heavy atom. The van der Waals surface area contributed by atoms with E-state index in [1.807, 2.05) is 19.1 Å². The van der Waals surface area contributed by atoms with Crippen molar-refractivity contribution in [1.82, 2.24) is 0 Å². The molecule has 110 valence electrons. The largest absolute Gasteiger partial charge is 0.389 e. The zero-order valence-corrected chi connectivity index (χ0v) is 14.3. The van der Waals surface area contributed by atoms with Crippen LogP contribution in [-0.4, -0.2) is 13.4 Å². The second kappa shape index (κ2) is 6.13. The summed E-state index contributed by atoms with van der Waals surface area (Å²) >= 11 is 8.23. The van der Waals surface area contributed by atoms with E-state index in [9.17, 15) is 8.42 Å². The van der Waals surface area contributed by atoms with Crippen LogP contribution in [0.3, 0.4) is 0 Å². The van der Waals surface area contributed by atoms with E-state index >= 15 is 0 Å². The molecule has 0 aliphatic rings. The minimum Gasteiger partial charge on any atom is -0.389 e. The average molecular weight is 385 g/mol. The summed E-state index contributed by atoms with van der Waals surface area (Å²) < 4.78 is 28.4. The molecule has 0 saturated heterocycles. The number of benzene rings is 2. The summed E-state index contributed by atoms with van der Waals surface area (Å²) in [5.41, 5.74) is 7.23. The first kappa shape index (κ1) is 15.9. The second-order valence-corrected chi connectivity index (χ2v) is 7.43. The Balaban J connectivity index is 2.49. The molecule has 0 aliphatic carbocycles. The van der Waals surface area contributed by atoms with Crippen molar-refractivity contribution >= 4 is 48.8 Å². The van der Waals surface area contributed by atoms with Gasteiger partial charge in [0.1, 0.15) is 4.99 Å². The molecule has 0 aromatic heterocycles. The molecule has 0 radical (unpaired) electrons. The van der Waals surface area contributed by atoms with E-state index in [-0.39, 0.29) is 9.88 Å². The van der Waals surface area contributed by atoms with Crippen LogP contribution in [0.2, 0.25) is 0 Å². The highest BCUT2D eigenvalue weighted by Gasteiger charge is 2.20. The number of sulfonamides is 1. The number of hydrogen-bond acceptors (Lipinski definition) is 3. The Kier molecular flexibility index (Phi) is 4.65. The molecule has 0 amide bonds. The first-order chi connectivity index (χ1) is 9.81. The summed E-state index contributed by atoms with van der Waals surface area (Å²) in [6, 6.07) is 11.8. The van der Waals surface area contributed by atoms with Crippen LogP contribution in [0.4, 0.5) is 5.69 Å². The Labute approximate surface area is 137 Å². The van der Waals surface area contributed by atoms with Gasteiger partial charge in [-0.05, 0) is 30.7 Å². The molecule has 0 unspecified atom stereocenters. The first-order valence-electron chi connectivity index (χ1n) is 5.99. The summed E-state index contributed by atoms with van der Waals surface area (Å²) in [7, 11) is -3.77. The van der Waals surface area contributed by atoms with Gasteiger partial charge in [-0.3, -0.25) is 4.72 Å². The van der Waals surface area contributed by atoms with E-state index in [1.54, 1.807) is 24.3 Å². The van der Waals surface area contributed by atoms with E-state index < -0.39 is 10.0 Å². The molecular weight excluding hydrogens is 372 g/mol. The summed E-state index contributed by atoms with van der Waals surface area (Å²) in [6.45, 7) is 1.82. The molecule has 0 heterocycles. The fraction of sp³-hybridized carbons (Fsp3) is 0.0714. The zero-order chi connectivity index (χ0) is 15.6. The maximum absolute atomic E-state index is 12.5. The lowest BCUT2D eigenvalue weighted by Gasteiger charge is -2.13. The monoisotopic (exact) mass is 384 g/mol. The van der Waals surface area contributed by atoms with Crippen molar-refractivity contribution in [3.63, 3.8) is 0 Å². The van der Waals surface area contributed by atoms with Gasteiger partial charge in [-0.15, -0.1) is 0 Å². The molecule has 4 nitrogen and oxygen atoms in total. The lowest BCUT2D eigenvalue weighted by molar-refractivity contribution is 0.601. The maximum atomic E-state index is 12.5. The third-order valence-electron chi connectivity index (χ3n) is 2.89. The van der Waals surface area contributed by atoms with Crippen molar-refractivity contribution in [2.75, 3.05) is 4.72 Å². The van der Waals surface area contributed by atoms with Crippen molar-refractivity contribution < 1.29 is 8.42 Å². The molecule has 0 bridgehead atoms. The fourth-order valence-electron chi connectivity index (χ4n) is 1.81. The van der Waals surface area contributed by atoms with Crippen LogP contribution >= 0.6 is 28.1 Å². The number of anilines is 1. The van der Waals surface area contributed by atoms with Crippen LogP contribution in [0, 0.1) is 6.92 Å². The van der Waals surface area contributed by atoms with Crippen molar-refractivity contribution in [2.24, 2.45) is 5.73 Å². The van der Waals surface area contributed by atoms with Gasteiger partial charge in [0.15, 0.2) is 0 Å². The predicted octanol–water partition coefficient (Wildman–Crippen LogP) is 3.19. The molecule has 21 heavy (non-hydrogen) atoms. The molecule has 0 fully saturated rings. The summed E-state index contributed by atoms with van der Waals surface area (Å²) in [4.78, 5) is 0.110. The highest BCUT2D eigenvalue weighted by Crippen LogP contribution is 2.25. The average Bonchev–Trinajstić information content (AvgIpc) is 2.42. The van der Waals surface area contributed by atoms with Crippen LogP contribution < -0.4 is 10.5 Å². The molecule has 2 aromatic rings. The van der Waals surface area contributed by atoms with Crippen LogP contribution in [0.5, 0.6) is 0 Å². The Morgan fingerprint density at radius 3 is 2.57 bits per heavy atom. The first-order valence-corrected chi connectivity index (χ1v) is 8.67. The van der Waals surface area contributed by atoms with E-state index in [1.165, 1.54) is 6.07 Å². The van der Waals surface area contributed by atoms with Crippen LogP contribution in [0.1, 0.15) is 11.1 Å². The van der Waals surface area contributed by atoms with E-state index in [2.05, 4.69) is 20.7 Å². The number of rotatable bonds is 4. The normalized spacial score (nSPS) is 11.1. The highest BCUT2D eigenvalue weighted by atomic mass is 79.9. The molecule has 0 aliphatic heterocycles. The summed E-state index contributed by atoms with van der Waals surface area (Å²) in [5, 5.41) is 0. The Bertz CT molecular complexity index is 804. The fourth-order valence-corrected chi connectivity index (χ4v) is 3.76. The minimum absolute atomic E-state index is 0.0435. The molecule has 3 N–H and O–H groups in total. The topological polar surface area (TPSA) is 72.2 Å². The quantitative estimate of drug-likeness (QED) is 0.793. The Morgan fingerprint density at radius 2 is 1.90 bits per heavy atom. The zero-order valence-electron chi connectivity index (χ0n) is 11.1. The molecule has 2 rings (SSSR count). The van der Waals surface area contributed by atoms with Gasteiger partial charge >= 0.3 is 0 Å². The third kappa shape index (κ3) is 3.61. The minimum atomic E-state index is -3.77. The second-order valence-electron chi connectivity index (χ2n) is 4.43. The van der Waals surface area contributed by atoms with Gasteiger partial charge in [0.2, 0.25) is 0 Å². The van der Waals surface area contributed by atoms with Gasteiger partial charge < -0.3 is 5.73 Å². The van der Waals surface area contributed by atoms with Crippen LogP contribution in [0.15, 0.2) is 51.8 Å². The van der Waals surface area contributed by atoms with Gasteiger partial charge in [0.05, 0.1) is 10.6 Å². The lowest BCUT2D eigenvalue weighted by atomic mass is 10.2. The van der Waals surface area contributed by atoms with Gasteiger partial charge in [-0.1, -0.05) is 52.4 Å². The van der Waals surface area contributed by atoms with Crippen molar-refractivity contribution in [1.29, 1.82) is 0 Å². The highest BCUT2D eigenvalue weighted by molar-refractivity contribution is 9.10. The van der Waals surface area contributed by atoms with Crippen LogP contribution in [0.25, 0.3) is 0 Å². The molecular formula is C14H13BrN2O2S2. The van der Waals surface area contributed by atoms with Gasteiger partial charge in [0.25, 0.3) is 10.0 Å². The summed E-state index contributed by atoms with van der Waals surface area (Å²) in [5.74, 6) is 0. The molecule has 0 spiro atoms. The van der Waals surface area contributed by atoms with Crippen LogP contribution in [-0.2, 0) is 10.0 Å². The van der Waals surface area contributed by atoms with Crippen molar-refractivity contribution in [2.45, 2.75) is 11.8 Å². The number of thiocarbonyl (C=S) groups is 1. The number of halogens is 1. The standard InChI is InChI=1S/C14H13BrN2O2S2/c1-9-6-7-10(15)8-12(9)17-21(18,19)13-5-3-2-4-11(13)14(16)20/h2-8,17H,1H3,(H2,16,20). The maximum Gasteiger partial charge on any atom is 0.262 e. The summed E-state index contributed by atoms with van der Waals surface area (Å²) in [6.07, 6.45) is 0. The molecule has 0 saturated carbocycles. The molecule has 2 aromatic carbocycles. The number of hydrogen-bond donors (Lipinski definition) is 2. The SMILES string of the molecule is Cc1ccc(Br)cc1NS(=O)(=O)c1ccccc1C(N)=S. The van der Waals surface area contributed by atoms with Gasteiger partial charge in [-0.2, -0.15) is 0 Å². The number of nitrogens with one attached hydrogen (secondary N) is 1. The van der Waals surface area contributed by atoms with Crippen molar-refractivity contribution in [3.8, 4) is 0 Å².